The number of rotatable bonds is 2. The molecular formula is C13H12F3N3. The van der Waals surface area contributed by atoms with Gasteiger partial charge in [0.25, 0.3) is 6.43 Å². The highest BCUT2D eigenvalue weighted by atomic mass is 19.3. The lowest BCUT2D eigenvalue weighted by atomic mass is 9.97. The van der Waals surface area contributed by atoms with E-state index in [2.05, 4.69) is 10.4 Å². The average molecular weight is 267 g/mol. The molecule has 0 amide bonds. The molecule has 1 aromatic carbocycles. The summed E-state index contributed by atoms with van der Waals surface area (Å²) in [5.74, 6) is 0.223. The van der Waals surface area contributed by atoms with Crippen LogP contribution in [0.5, 0.6) is 0 Å². The molecule has 1 N–H and O–H groups in total. The van der Waals surface area contributed by atoms with E-state index in [-0.39, 0.29) is 18.3 Å². The van der Waals surface area contributed by atoms with E-state index in [1.807, 2.05) is 0 Å². The standard InChI is InChI=1S/C13H12F3N3/c14-9-3-1-8(2-4-9)10-7-11(13(15)16)19-12(18-10)5-6-17-19/h1-6,10-11,13,18H,7H2. The van der Waals surface area contributed by atoms with E-state index >= 15 is 0 Å². The van der Waals surface area contributed by atoms with Crippen LogP contribution in [-0.2, 0) is 0 Å². The molecule has 3 nitrogen and oxygen atoms in total. The second kappa shape index (κ2) is 4.60. The Morgan fingerprint density at radius 1 is 1.21 bits per heavy atom. The molecule has 0 bridgehead atoms. The summed E-state index contributed by atoms with van der Waals surface area (Å²) in [4.78, 5) is 0. The van der Waals surface area contributed by atoms with Gasteiger partial charge in [-0.1, -0.05) is 12.1 Å². The number of hydrogen-bond donors (Lipinski definition) is 1. The first-order valence-corrected chi connectivity index (χ1v) is 5.99. The van der Waals surface area contributed by atoms with Gasteiger partial charge >= 0.3 is 0 Å². The molecule has 100 valence electrons. The van der Waals surface area contributed by atoms with Crippen molar-refractivity contribution in [2.75, 3.05) is 5.32 Å². The maximum atomic E-state index is 13.1. The SMILES string of the molecule is Fc1ccc(C2CC(C(F)F)n3nccc3N2)cc1. The number of aromatic nitrogens is 2. The fourth-order valence-corrected chi connectivity index (χ4v) is 2.40. The Morgan fingerprint density at radius 2 is 1.95 bits per heavy atom. The van der Waals surface area contributed by atoms with Crippen LogP contribution in [0.3, 0.4) is 0 Å². The van der Waals surface area contributed by atoms with E-state index in [9.17, 15) is 13.2 Å². The van der Waals surface area contributed by atoms with E-state index in [4.69, 9.17) is 0 Å². The third-order valence-electron chi connectivity index (χ3n) is 3.35. The minimum Gasteiger partial charge on any atom is -0.363 e. The molecule has 2 atom stereocenters. The predicted molar refractivity (Wildman–Crippen MR) is 64.6 cm³/mol. The van der Waals surface area contributed by atoms with Crippen LogP contribution in [-0.4, -0.2) is 16.2 Å². The fraction of sp³-hybridized carbons (Fsp3) is 0.308. The largest absolute Gasteiger partial charge is 0.363 e. The normalized spacial score (nSPS) is 22.1. The Hall–Kier alpha value is -1.98. The summed E-state index contributed by atoms with van der Waals surface area (Å²) in [7, 11) is 0. The molecule has 0 saturated carbocycles. The highest BCUT2D eigenvalue weighted by Gasteiger charge is 2.33. The molecule has 2 heterocycles. The molecule has 0 spiro atoms. The third-order valence-corrected chi connectivity index (χ3v) is 3.35. The second-order valence-corrected chi connectivity index (χ2v) is 4.55. The molecule has 0 radical (unpaired) electrons. The van der Waals surface area contributed by atoms with Gasteiger partial charge in [-0.3, -0.25) is 0 Å². The van der Waals surface area contributed by atoms with Crippen LogP contribution in [0.2, 0.25) is 0 Å². The fourth-order valence-electron chi connectivity index (χ4n) is 2.40. The van der Waals surface area contributed by atoms with Gasteiger partial charge in [-0.25, -0.2) is 17.9 Å². The Labute approximate surface area is 108 Å². The average Bonchev–Trinajstić information content (AvgIpc) is 2.86. The van der Waals surface area contributed by atoms with Crippen molar-refractivity contribution in [3.05, 3.63) is 47.9 Å². The van der Waals surface area contributed by atoms with Gasteiger partial charge in [-0.05, 0) is 24.1 Å². The van der Waals surface area contributed by atoms with Gasteiger partial charge in [0.2, 0.25) is 0 Å². The zero-order valence-corrected chi connectivity index (χ0v) is 9.93. The monoisotopic (exact) mass is 267 g/mol. The summed E-state index contributed by atoms with van der Waals surface area (Å²) in [6.07, 6.45) is -0.772. The second-order valence-electron chi connectivity index (χ2n) is 4.55. The summed E-state index contributed by atoms with van der Waals surface area (Å²) in [5, 5.41) is 7.06. The first-order chi connectivity index (χ1) is 9.15. The number of hydrogen-bond acceptors (Lipinski definition) is 2. The van der Waals surface area contributed by atoms with Crippen molar-refractivity contribution in [3.8, 4) is 0 Å². The number of anilines is 1. The molecule has 0 saturated heterocycles. The minimum absolute atomic E-state index is 0.220. The lowest BCUT2D eigenvalue weighted by molar-refractivity contribution is 0.0658. The Bertz CT molecular complexity index is 565. The number of benzene rings is 1. The van der Waals surface area contributed by atoms with Crippen molar-refractivity contribution in [1.82, 2.24) is 9.78 Å². The predicted octanol–water partition coefficient (Wildman–Crippen LogP) is 3.39. The van der Waals surface area contributed by atoms with Gasteiger partial charge in [0.05, 0.1) is 12.2 Å². The van der Waals surface area contributed by atoms with Crippen LogP contribution in [0, 0.1) is 5.82 Å². The van der Waals surface area contributed by atoms with Gasteiger partial charge in [0.15, 0.2) is 0 Å². The van der Waals surface area contributed by atoms with Gasteiger partial charge < -0.3 is 5.32 Å². The molecule has 6 heteroatoms. The van der Waals surface area contributed by atoms with Crippen LogP contribution >= 0.6 is 0 Å². The number of fused-ring (bicyclic) bond motifs is 1. The Balaban J connectivity index is 1.92. The maximum absolute atomic E-state index is 13.1. The van der Waals surface area contributed by atoms with Crippen LogP contribution in [0.25, 0.3) is 0 Å². The molecular weight excluding hydrogens is 255 g/mol. The number of halogens is 3. The number of alkyl halides is 2. The molecule has 1 aliphatic rings. The molecule has 2 aromatic rings. The van der Waals surface area contributed by atoms with Gasteiger partial charge in [-0.2, -0.15) is 5.10 Å². The summed E-state index contributed by atoms with van der Waals surface area (Å²) < 4.78 is 40.4. The van der Waals surface area contributed by atoms with Gasteiger partial charge in [-0.15, -0.1) is 0 Å². The van der Waals surface area contributed by atoms with Crippen molar-refractivity contribution in [2.24, 2.45) is 0 Å². The van der Waals surface area contributed by atoms with Crippen LogP contribution < -0.4 is 5.32 Å². The van der Waals surface area contributed by atoms with E-state index in [1.165, 1.54) is 23.0 Å². The molecule has 3 rings (SSSR count). The summed E-state index contributed by atoms with van der Waals surface area (Å²) >= 11 is 0. The van der Waals surface area contributed by atoms with Crippen LogP contribution in [0.15, 0.2) is 36.5 Å². The number of nitrogens with one attached hydrogen (secondary N) is 1. The van der Waals surface area contributed by atoms with Crippen molar-refractivity contribution in [1.29, 1.82) is 0 Å². The molecule has 2 unspecified atom stereocenters. The van der Waals surface area contributed by atoms with Crippen LogP contribution in [0.1, 0.15) is 24.1 Å². The van der Waals surface area contributed by atoms with E-state index < -0.39 is 12.5 Å². The van der Waals surface area contributed by atoms with Gasteiger partial charge in [0.1, 0.15) is 17.7 Å². The Morgan fingerprint density at radius 3 is 2.63 bits per heavy atom. The van der Waals surface area contributed by atoms with Crippen LogP contribution in [0.4, 0.5) is 19.0 Å². The maximum Gasteiger partial charge on any atom is 0.260 e. The van der Waals surface area contributed by atoms with Crippen molar-refractivity contribution in [3.63, 3.8) is 0 Å². The lowest BCUT2D eigenvalue weighted by Gasteiger charge is -2.32. The third kappa shape index (κ3) is 2.18. The summed E-state index contributed by atoms with van der Waals surface area (Å²) in [5.41, 5.74) is 0.791. The summed E-state index contributed by atoms with van der Waals surface area (Å²) in [6.45, 7) is 0. The first kappa shape index (κ1) is 12.1. The molecule has 0 fully saturated rings. The molecule has 0 aliphatic carbocycles. The molecule has 1 aliphatic heterocycles. The zero-order valence-electron chi connectivity index (χ0n) is 9.93. The topological polar surface area (TPSA) is 29.9 Å². The summed E-state index contributed by atoms with van der Waals surface area (Å²) in [6, 6.07) is 6.33. The quantitative estimate of drug-likeness (QED) is 0.904. The molecule has 1 aromatic heterocycles. The highest BCUT2D eigenvalue weighted by molar-refractivity contribution is 5.41. The van der Waals surface area contributed by atoms with Crippen molar-refractivity contribution < 1.29 is 13.2 Å². The first-order valence-electron chi connectivity index (χ1n) is 5.99. The van der Waals surface area contributed by atoms with E-state index in [0.717, 1.165) is 5.56 Å². The van der Waals surface area contributed by atoms with Crippen molar-refractivity contribution >= 4 is 5.82 Å². The van der Waals surface area contributed by atoms with Crippen molar-refractivity contribution in [2.45, 2.75) is 24.9 Å². The lowest BCUT2D eigenvalue weighted by Crippen LogP contribution is -2.30. The zero-order chi connectivity index (χ0) is 13.4. The molecule has 19 heavy (non-hydrogen) atoms. The smallest absolute Gasteiger partial charge is 0.260 e. The van der Waals surface area contributed by atoms with Gasteiger partial charge in [0, 0.05) is 6.07 Å². The number of nitrogens with zero attached hydrogens (tertiary/aromatic N) is 2. The minimum atomic E-state index is -2.48. The Kier molecular flexibility index (Phi) is 2.93. The van der Waals surface area contributed by atoms with E-state index in [0.29, 0.717) is 5.82 Å². The highest BCUT2D eigenvalue weighted by Crippen LogP contribution is 2.37. The van der Waals surface area contributed by atoms with E-state index in [1.54, 1.807) is 18.2 Å².